The van der Waals surface area contributed by atoms with Gasteiger partial charge in [0.2, 0.25) is 0 Å². The Bertz CT molecular complexity index is 519. The molecule has 4 nitrogen and oxygen atoms in total. The van der Waals surface area contributed by atoms with Crippen molar-refractivity contribution in [2.45, 2.75) is 13.8 Å². The first-order valence-electron chi connectivity index (χ1n) is 5.40. The van der Waals surface area contributed by atoms with Gasteiger partial charge in [-0.2, -0.15) is 0 Å². The monoisotopic (exact) mass is 247 g/mol. The lowest BCUT2D eigenvalue weighted by Crippen LogP contribution is -2.22. The molecule has 2 rings (SSSR count). The summed E-state index contributed by atoms with van der Waals surface area (Å²) in [6, 6.07) is 7.90. The highest BCUT2D eigenvalue weighted by molar-refractivity contribution is 7.08. The average Bonchev–Trinajstić information content (AvgIpc) is 2.79. The number of carbonyl (C=O) groups is 1. The van der Waals surface area contributed by atoms with Crippen molar-refractivity contribution in [2.75, 3.05) is 6.54 Å². The molecule has 0 aliphatic carbocycles. The van der Waals surface area contributed by atoms with E-state index in [2.05, 4.69) is 14.9 Å². The molecule has 1 N–H and O–H groups in total. The van der Waals surface area contributed by atoms with E-state index in [4.69, 9.17) is 0 Å². The Labute approximate surface area is 104 Å². The van der Waals surface area contributed by atoms with Crippen LogP contribution in [0.15, 0.2) is 24.3 Å². The molecule has 0 aliphatic rings. The molecule has 0 atom stereocenters. The van der Waals surface area contributed by atoms with E-state index in [1.54, 1.807) is 0 Å². The molecule has 0 saturated heterocycles. The van der Waals surface area contributed by atoms with Gasteiger partial charge >= 0.3 is 0 Å². The summed E-state index contributed by atoms with van der Waals surface area (Å²) in [5.74, 6) is -0.113. The van der Waals surface area contributed by atoms with Gasteiger partial charge in [0, 0.05) is 12.1 Å². The molecule has 17 heavy (non-hydrogen) atoms. The van der Waals surface area contributed by atoms with Gasteiger partial charge in [-0.3, -0.25) is 4.79 Å². The third kappa shape index (κ3) is 2.50. The molecule has 88 valence electrons. The number of amides is 1. The first-order valence-corrected chi connectivity index (χ1v) is 6.17. The summed E-state index contributed by atoms with van der Waals surface area (Å²) < 4.78 is 3.86. The van der Waals surface area contributed by atoms with Crippen LogP contribution in [0.4, 0.5) is 0 Å². The molecule has 1 aromatic carbocycles. The lowest BCUT2D eigenvalue weighted by Gasteiger charge is -2.02. The van der Waals surface area contributed by atoms with Gasteiger partial charge in [-0.25, -0.2) is 0 Å². The zero-order chi connectivity index (χ0) is 12.3. The molecular weight excluding hydrogens is 234 g/mol. The lowest BCUT2D eigenvalue weighted by atomic mass is 10.1. The molecule has 0 radical (unpaired) electrons. The fourth-order valence-corrected chi connectivity index (χ4v) is 2.09. The summed E-state index contributed by atoms with van der Waals surface area (Å²) >= 11 is 1.12. The van der Waals surface area contributed by atoms with Crippen LogP contribution in [0.25, 0.3) is 11.3 Å². The molecule has 1 heterocycles. The average molecular weight is 247 g/mol. The van der Waals surface area contributed by atoms with Crippen LogP contribution in [0.2, 0.25) is 0 Å². The number of aromatic nitrogens is 2. The number of hydrogen-bond acceptors (Lipinski definition) is 4. The second kappa shape index (κ2) is 5.05. The van der Waals surface area contributed by atoms with Crippen molar-refractivity contribution >= 4 is 17.4 Å². The Morgan fingerprint density at radius 1 is 1.35 bits per heavy atom. The quantitative estimate of drug-likeness (QED) is 0.905. The zero-order valence-electron chi connectivity index (χ0n) is 9.73. The van der Waals surface area contributed by atoms with Crippen LogP contribution in [0, 0.1) is 6.92 Å². The predicted molar refractivity (Wildman–Crippen MR) is 68.1 cm³/mol. The third-order valence-electron chi connectivity index (χ3n) is 2.36. The van der Waals surface area contributed by atoms with Crippen molar-refractivity contribution in [1.29, 1.82) is 0 Å². The van der Waals surface area contributed by atoms with E-state index in [1.165, 1.54) is 5.56 Å². The van der Waals surface area contributed by atoms with Gasteiger partial charge in [-0.05, 0) is 25.4 Å². The summed E-state index contributed by atoms with van der Waals surface area (Å²) in [4.78, 5) is 12.4. The van der Waals surface area contributed by atoms with E-state index in [9.17, 15) is 4.79 Å². The number of rotatable bonds is 3. The van der Waals surface area contributed by atoms with E-state index >= 15 is 0 Å². The molecule has 5 heteroatoms. The Hall–Kier alpha value is -1.75. The van der Waals surface area contributed by atoms with Gasteiger partial charge in [0.25, 0.3) is 5.91 Å². The smallest absolute Gasteiger partial charge is 0.265 e. The Morgan fingerprint density at radius 3 is 2.71 bits per heavy atom. The van der Waals surface area contributed by atoms with Gasteiger partial charge in [0.1, 0.15) is 10.6 Å². The van der Waals surface area contributed by atoms with Crippen LogP contribution >= 0.6 is 11.5 Å². The molecule has 0 bridgehead atoms. The minimum atomic E-state index is -0.113. The molecule has 2 aromatic rings. The van der Waals surface area contributed by atoms with Crippen LogP contribution in [0.1, 0.15) is 22.2 Å². The SMILES string of the molecule is CCNC(=O)c1snnc1-c1ccc(C)cc1. The molecule has 0 unspecified atom stereocenters. The van der Waals surface area contributed by atoms with Gasteiger partial charge in [-0.1, -0.05) is 34.3 Å². The fourth-order valence-electron chi connectivity index (χ4n) is 1.48. The summed E-state index contributed by atoms with van der Waals surface area (Å²) in [6.45, 7) is 4.51. The number of carbonyl (C=O) groups excluding carboxylic acids is 1. The second-order valence-corrected chi connectivity index (χ2v) is 4.43. The number of benzene rings is 1. The molecular formula is C12H13N3OS. The number of aryl methyl sites for hydroxylation is 1. The number of hydrogen-bond donors (Lipinski definition) is 1. The Kier molecular flexibility index (Phi) is 3.49. The van der Waals surface area contributed by atoms with Crippen LogP contribution in [-0.2, 0) is 0 Å². The highest BCUT2D eigenvalue weighted by Gasteiger charge is 2.16. The summed E-state index contributed by atoms with van der Waals surface area (Å²) in [5.41, 5.74) is 2.75. The van der Waals surface area contributed by atoms with Crippen molar-refractivity contribution in [1.82, 2.24) is 14.9 Å². The highest BCUT2D eigenvalue weighted by atomic mass is 32.1. The topological polar surface area (TPSA) is 54.9 Å². The van der Waals surface area contributed by atoms with E-state index in [0.29, 0.717) is 17.1 Å². The normalized spacial score (nSPS) is 10.2. The maximum atomic E-state index is 11.8. The van der Waals surface area contributed by atoms with E-state index in [0.717, 1.165) is 17.1 Å². The molecule has 1 amide bonds. The molecule has 0 saturated carbocycles. The van der Waals surface area contributed by atoms with Crippen LogP contribution in [-0.4, -0.2) is 22.0 Å². The van der Waals surface area contributed by atoms with Gasteiger partial charge < -0.3 is 5.32 Å². The summed E-state index contributed by atoms with van der Waals surface area (Å²) in [7, 11) is 0. The van der Waals surface area contributed by atoms with Crippen molar-refractivity contribution < 1.29 is 4.79 Å². The summed E-state index contributed by atoms with van der Waals surface area (Å²) in [6.07, 6.45) is 0. The van der Waals surface area contributed by atoms with Crippen LogP contribution in [0.5, 0.6) is 0 Å². The van der Waals surface area contributed by atoms with Crippen molar-refractivity contribution in [3.05, 3.63) is 34.7 Å². The predicted octanol–water partition coefficient (Wildman–Crippen LogP) is 2.26. The van der Waals surface area contributed by atoms with E-state index in [-0.39, 0.29) is 5.91 Å². The molecule has 0 aliphatic heterocycles. The van der Waals surface area contributed by atoms with Gasteiger partial charge in [0.05, 0.1) is 0 Å². The van der Waals surface area contributed by atoms with Crippen molar-refractivity contribution in [3.63, 3.8) is 0 Å². The minimum absolute atomic E-state index is 0.113. The first kappa shape index (κ1) is 11.7. The number of nitrogens with one attached hydrogen (secondary N) is 1. The Balaban J connectivity index is 2.36. The number of nitrogens with zero attached hydrogens (tertiary/aromatic N) is 2. The first-order chi connectivity index (χ1) is 8.22. The Morgan fingerprint density at radius 2 is 2.06 bits per heavy atom. The lowest BCUT2D eigenvalue weighted by molar-refractivity contribution is 0.0960. The van der Waals surface area contributed by atoms with Crippen molar-refractivity contribution in [3.8, 4) is 11.3 Å². The zero-order valence-corrected chi connectivity index (χ0v) is 10.5. The van der Waals surface area contributed by atoms with Gasteiger partial charge in [0.15, 0.2) is 0 Å². The highest BCUT2D eigenvalue weighted by Crippen LogP contribution is 2.23. The largest absolute Gasteiger partial charge is 0.351 e. The van der Waals surface area contributed by atoms with E-state index in [1.807, 2.05) is 38.1 Å². The van der Waals surface area contributed by atoms with Crippen LogP contribution < -0.4 is 5.32 Å². The maximum Gasteiger partial charge on any atom is 0.265 e. The second-order valence-electron chi connectivity index (χ2n) is 3.68. The molecule has 0 fully saturated rings. The fraction of sp³-hybridized carbons (Fsp3) is 0.250. The van der Waals surface area contributed by atoms with E-state index < -0.39 is 0 Å². The maximum absolute atomic E-state index is 11.8. The van der Waals surface area contributed by atoms with Crippen molar-refractivity contribution in [2.24, 2.45) is 0 Å². The standard InChI is InChI=1S/C12H13N3OS/c1-3-13-12(16)11-10(14-15-17-11)9-6-4-8(2)5-7-9/h4-7H,3H2,1-2H3,(H,13,16). The third-order valence-corrected chi connectivity index (χ3v) is 3.08. The van der Waals surface area contributed by atoms with Gasteiger partial charge in [-0.15, -0.1) is 5.10 Å². The minimum Gasteiger partial charge on any atom is -0.351 e. The molecule has 1 aromatic heterocycles. The van der Waals surface area contributed by atoms with Crippen LogP contribution in [0.3, 0.4) is 0 Å². The molecule has 0 spiro atoms. The summed E-state index contributed by atoms with van der Waals surface area (Å²) in [5, 5.41) is 6.79.